The van der Waals surface area contributed by atoms with Gasteiger partial charge in [0, 0.05) is 35.8 Å². The molecule has 36 heavy (non-hydrogen) atoms. The summed E-state index contributed by atoms with van der Waals surface area (Å²) in [5.74, 6) is 1.85. The van der Waals surface area contributed by atoms with Crippen LogP contribution in [0.5, 0.6) is 0 Å². The van der Waals surface area contributed by atoms with E-state index >= 15 is 0 Å². The van der Waals surface area contributed by atoms with Crippen LogP contribution in [0, 0.1) is 6.92 Å². The van der Waals surface area contributed by atoms with E-state index in [2.05, 4.69) is 34.3 Å². The van der Waals surface area contributed by atoms with Crippen LogP contribution in [0.2, 0.25) is 0 Å². The lowest BCUT2D eigenvalue weighted by atomic mass is 10.1. The number of anilines is 1. The van der Waals surface area contributed by atoms with Gasteiger partial charge in [0.05, 0.1) is 5.52 Å². The molecule has 1 aliphatic rings. The van der Waals surface area contributed by atoms with Crippen molar-refractivity contribution in [3.63, 3.8) is 0 Å². The zero-order valence-electron chi connectivity index (χ0n) is 19.8. The molecule has 2 aromatic carbocycles. The minimum atomic E-state index is -3.80. The van der Waals surface area contributed by atoms with Crippen molar-refractivity contribution < 1.29 is 8.42 Å². The number of fused-ring (bicyclic) bond motifs is 2. The summed E-state index contributed by atoms with van der Waals surface area (Å²) in [6, 6.07) is 22.3. The van der Waals surface area contributed by atoms with E-state index in [-0.39, 0.29) is 6.54 Å². The van der Waals surface area contributed by atoms with Gasteiger partial charge in [-0.05, 0) is 55.2 Å². The van der Waals surface area contributed by atoms with Gasteiger partial charge in [-0.25, -0.2) is 9.65 Å². The average Bonchev–Trinajstić information content (AvgIpc) is 3.51. The Hall–Kier alpha value is -3.73. The summed E-state index contributed by atoms with van der Waals surface area (Å²) in [5.41, 5.74) is 5.98. The minimum Gasteiger partial charge on any atom is -0.364 e. The van der Waals surface area contributed by atoms with Crippen LogP contribution in [-0.2, 0) is 23.3 Å². The van der Waals surface area contributed by atoms with Crippen molar-refractivity contribution >= 4 is 32.4 Å². The van der Waals surface area contributed by atoms with Gasteiger partial charge >= 0.3 is 0 Å². The molecule has 0 spiro atoms. The predicted octanol–water partition coefficient (Wildman–Crippen LogP) is 3.76. The molecule has 1 aliphatic carbocycles. The van der Waals surface area contributed by atoms with Gasteiger partial charge in [0.2, 0.25) is 0 Å². The maximum atomic E-state index is 11.5. The number of aromatic nitrogens is 4. The Bertz CT molecular complexity index is 1690. The molecule has 6 rings (SSSR count). The zero-order valence-corrected chi connectivity index (χ0v) is 20.7. The number of nitrogens with one attached hydrogen (secondary N) is 2. The molecule has 4 N–H and O–H groups in total. The molecule has 0 amide bonds. The Labute approximate surface area is 209 Å². The number of nitrogens with two attached hydrogens (primary N) is 1. The van der Waals surface area contributed by atoms with Crippen molar-refractivity contribution in [2.45, 2.75) is 38.8 Å². The van der Waals surface area contributed by atoms with Crippen LogP contribution in [0.15, 0.2) is 66.7 Å². The lowest BCUT2D eigenvalue weighted by Crippen LogP contribution is -2.30. The SMILES string of the molecule is Cc1cc2c(CNS(N)(=O)=O)cccc2n1-c1nc(NCc2ccccc2)c2ccc(C3CC3)n2n1. The maximum absolute atomic E-state index is 11.5. The van der Waals surface area contributed by atoms with E-state index in [0.29, 0.717) is 18.4 Å². The number of hydrogen-bond donors (Lipinski definition) is 3. The summed E-state index contributed by atoms with van der Waals surface area (Å²) in [6.07, 6.45) is 2.34. The largest absolute Gasteiger partial charge is 0.364 e. The molecule has 1 saturated carbocycles. The van der Waals surface area contributed by atoms with Crippen molar-refractivity contribution in [3.8, 4) is 5.95 Å². The normalized spacial score (nSPS) is 14.1. The van der Waals surface area contributed by atoms with Gasteiger partial charge in [-0.1, -0.05) is 42.5 Å². The van der Waals surface area contributed by atoms with Crippen LogP contribution < -0.4 is 15.2 Å². The van der Waals surface area contributed by atoms with E-state index in [1.54, 1.807) is 0 Å². The Balaban J connectivity index is 1.47. The molecule has 0 aliphatic heterocycles. The van der Waals surface area contributed by atoms with E-state index < -0.39 is 10.2 Å². The molecule has 1 fully saturated rings. The molecule has 3 heterocycles. The second kappa shape index (κ2) is 8.74. The van der Waals surface area contributed by atoms with Crippen LogP contribution in [0.3, 0.4) is 0 Å². The first kappa shape index (κ1) is 22.7. The van der Waals surface area contributed by atoms with E-state index in [4.69, 9.17) is 15.2 Å². The standard InChI is InChI=1S/C26H27N7O2S/c1-17-14-21-20(16-29-36(27,34)35)8-5-9-23(21)32(17)26-30-25(28-15-18-6-3-2-4-7-18)24-13-12-22(19-10-11-19)33(24)31-26/h2-9,12-14,19,29H,10-11,15-16H2,1H3,(H2,27,34,35)(H,28,30,31). The fourth-order valence-corrected chi connectivity index (χ4v) is 5.08. The van der Waals surface area contributed by atoms with Gasteiger partial charge in [-0.2, -0.15) is 18.1 Å². The molecule has 0 saturated heterocycles. The molecule has 5 aromatic rings. The van der Waals surface area contributed by atoms with Crippen molar-refractivity contribution in [2.75, 3.05) is 5.32 Å². The lowest BCUT2D eigenvalue weighted by Gasteiger charge is -2.13. The van der Waals surface area contributed by atoms with Gasteiger partial charge in [-0.15, -0.1) is 5.10 Å². The highest BCUT2D eigenvalue weighted by Crippen LogP contribution is 2.41. The van der Waals surface area contributed by atoms with Crippen molar-refractivity contribution in [1.29, 1.82) is 0 Å². The summed E-state index contributed by atoms with van der Waals surface area (Å²) < 4.78 is 29.3. The van der Waals surface area contributed by atoms with Gasteiger partial charge in [-0.3, -0.25) is 4.57 Å². The van der Waals surface area contributed by atoms with Crippen molar-refractivity contribution in [3.05, 3.63) is 89.2 Å². The Morgan fingerprint density at radius 2 is 1.81 bits per heavy atom. The number of rotatable bonds is 8. The molecule has 0 atom stereocenters. The third-order valence-electron chi connectivity index (χ3n) is 6.61. The fraction of sp³-hybridized carbons (Fsp3) is 0.231. The first-order valence-electron chi connectivity index (χ1n) is 11.9. The van der Waals surface area contributed by atoms with Gasteiger partial charge in [0.1, 0.15) is 5.52 Å². The third-order valence-corrected chi connectivity index (χ3v) is 7.16. The van der Waals surface area contributed by atoms with Crippen LogP contribution in [-0.4, -0.2) is 27.6 Å². The highest BCUT2D eigenvalue weighted by molar-refractivity contribution is 7.87. The monoisotopic (exact) mass is 501 g/mol. The minimum absolute atomic E-state index is 0.104. The van der Waals surface area contributed by atoms with E-state index in [1.807, 2.05) is 58.5 Å². The van der Waals surface area contributed by atoms with Crippen LogP contribution in [0.25, 0.3) is 22.4 Å². The molecule has 184 valence electrons. The molecular formula is C26H27N7O2S. The van der Waals surface area contributed by atoms with E-state index in [9.17, 15) is 8.42 Å². The Morgan fingerprint density at radius 3 is 2.56 bits per heavy atom. The molecule has 3 aromatic heterocycles. The first-order valence-corrected chi connectivity index (χ1v) is 13.5. The quantitative estimate of drug-likeness (QED) is 0.299. The number of hydrogen-bond acceptors (Lipinski definition) is 5. The Morgan fingerprint density at radius 1 is 1.00 bits per heavy atom. The van der Waals surface area contributed by atoms with E-state index in [1.165, 1.54) is 24.1 Å². The summed E-state index contributed by atoms with van der Waals surface area (Å²) in [4.78, 5) is 4.97. The molecule has 0 bridgehead atoms. The van der Waals surface area contributed by atoms with Crippen LogP contribution >= 0.6 is 0 Å². The number of aryl methyl sites for hydroxylation is 1. The second-order valence-corrected chi connectivity index (χ2v) is 10.6. The third kappa shape index (κ3) is 4.34. The first-order chi connectivity index (χ1) is 17.4. The summed E-state index contributed by atoms with van der Waals surface area (Å²) in [5, 5.41) is 14.6. The lowest BCUT2D eigenvalue weighted by molar-refractivity contribution is 0.583. The molecular weight excluding hydrogens is 474 g/mol. The van der Waals surface area contributed by atoms with Gasteiger partial charge in [0.15, 0.2) is 5.82 Å². The molecule has 9 nitrogen and oxygen atoms in total. The second-order valence-electron chi connectivity index (χ2n) is 9.27. The van der Waals surface area contributed by atoms with Crippen molar-refractivity contribution in [2.24, 2.45) is 5.14 Å². The molecule has 10 heteroatoms. The Kier molecular flexibility index (Phi) is 5.51. The summed E-state index contributed by atoms with van der Waals surface area (Å²) >= 11 is 0. The highest BCUT2D eigenvalue weighted by Gasteiger charge is 2.28. The average molecular weight is 502 g/mol. The van der Waals surface area contributed by atoms with Crippen LogP contribution in [0.1, 0.15) is 41.3 Å². The zero-order chi connectivity index (χ0) is 24.9. The smallest absolute Gasteiger partial charge is 0.274 e. The number of nitrogens with zero attached hydrogens (tertiary/aromatic N) is 4. The van der Waals surface area contributed by atoms with Gasteiger partial charge in [0.25, 0.3) is 16.2 Å². The van der Waals surface area contributed by atoms with Crippen molar-refractivity contribution in [1.82, 2.24) is 23.9 Å². The molecule has 0 radical (unpaired) electrons. The summed E-state index contributed by atoms with van der Waals surface area (Å²) in [6.45, 7) is 2.75. The summed E-state index contributed by atoms with van der Waals surface area (Å²) in [7, 11) is -3.80. The maximum Gasteiger partial charge on any atom is 0.274 e. The fourth-order valence-electron chi connectivity index (χ4n) is 4.72. The molecule has 0 unspecified atom stereocenters. The van der Waals surface area contributed by atoms with Crippen LogP contribution in [0.4, 0.5) is 5.82 Å². The predicted molar refractivity (Wildman–Crippen MR) is 140 cm³/mol. The topological polar surface area (TPSA) is 119 Å². The van der Waals surface area contributed by atoms with E-state index in [0.717, 1.165) is 33.5 Å². The number of benzene rings is 2. The van der Waals surface area contributed by atoms with Gasteiger partial charge < -0.3 is 5.32 Å². The highest BCUT2D eigenvalue weighted by atomic mass is 32.2.